The molecule has 0 saturated carbocycles. The van der Waals surface area contributed by atoms with Crippen molar-refractivity contribution in [3.63, 3.8) is 0 Å². The molecule has 0 aromatic carbocycles. The lowest BCUT2D eigenvalue weighted by Crippen LogP contribution is -2.51. The molecule has 5 nitrogen and oxygen atoms in total. The molecule has 0 aliphatic carbocycles. The predicted octanol–water partition coefficient (Wildman–Crippen LogP) is 2.27. The second-order valence-electron chi connectivity index (χ2n) is 7.10. The van der Waals surface area contributed by atoms with Gasteiger partial charge in [0.25, 0.3) is 0 Å². The maximum Gasteiger partial charge on any atom is 0.193 e. The van der Waals surface area contributed by atoms with Gasteiger partial charge >= 0.3 is 0 Å². The molecule has 0 amide bonds. The second kappa shape index (κ2) is 10.7. The Morgan fingerprint density at radius 2 is 1.96 bits per heavy atom. The monoisotopic (exact) mass is 438 g/mol. The van der Waals surface area contributed by atoms with Crippen LogP contribution in [0.5, 0.6) is 0 Å². The SMILES string of the molecule is CN=C(NCC1CCCN1CCOC)N1CC(C)CC(C)C1.I. The van der Waals surface area contributed by atoms with Gasteiger partial charge < -0.3 is 15.0 Å². The fourth-order valence-electron chi connectivity index (χ4n) is 4.01. The van der Waals surface area contributed by atoms with Crippen molar-refractivity contribution in [1.82, 2.24) is 15.1 Å². The first-order valence-corrected chi connectivity index (χ1v) is 8.82. The molecule has 0 spiro atoms. The molecule has 136 valence electrons. The quantitative estimate of drug-likeness (QED) is 0.406. The first kappa shape index (κ1) is 21.0. The highest BCUT2D eigenvalue weighted by molar-refractivity contribution is 14.0. The maximum absolute atomic E-state index is 5.22. The lowest BCUT2D eigenvalue weighted by atomic mass is 9.92. The van der Waals surface area contributed by atoms with Crippen LogP contribution in [0.4, 0.5) is 0 Å². The third kappa shape index (κ3) is 6.38. The molecule has 2 saturated heterocycles. The van der Waals surface area contributed by atoms with Gasteiger partial charge in [-0.1, -0.05) is 13.8 Å². The van der Waals surface area contributed by atoms with Gasteiger partial charge in [0.05, 0.1) is 6.61 Å². The summed E-state index contributed by atoms with van der Waals surface area (Å²) < 4.78 is 5.22. The highest BCUT2D eigenvalue weighted by Crippen LogP contribution is 2.21. The Morgan fingerprint density at radius 3 is 2.57 bits per heavy atom. The highest BCUT2D eigenvalue weighted by Gasteiger charge is 2.27. The summed E-state index contributed by atoms with van der Waals surface area (Å²) >= 11 is 0. The van der Waals surface area contributed by atoms with Crippen LogP contribution in [0, 0.1) is 11.8 Å². The minimum atomic E-state index is 0. The first-order chi connectivity index (χ1) is 10.6. The van der Waals surface area contributed by atoms with E-state index in [9.17, 15) is 0 Å². The first-order valence-electron chi connectivity index (χ1n) is 8.82. The zero-order valence-electron chi connectivity index (χ0n) is 15.3. The van der Waals surface area contributed by atoms with Gasteiger partial charge in [-0.3, -0.25) is 9.89 Å². The molecule has 0 radical (unpaired) electrons. The van der Waals surface area contributed by atoms with Crippen LogP contribution in [0.1, 0.15) is 33.1 Å². The number of likely N-dealkylation sites (tertiary alicyclic amines) is 2. The zero-order valence-corrected chi connectivity index (χ0v) is 17.6. The number of rotatable bonds is 5. The van der Waals surface area contributed by atoms with Crippen molar-refractivity contribution in [3.8, 4) is 0 Å². The van der Waals surface area contributed by atoms with Gasteiger partial charge in [0, 0.05) is 46.4 Å². The number of piperidine rings is 1. The smallest absolute Gasteiger partial charge is 0.193 e. The molecule has 2 rings (SSSR count). The normalized spacial score (nSPS) is 29.5. The summed E-state index contributed by atoms with van der Waals surface area (Å²) in [6.07, 6.45) is 3.91. The van der Waals surface area contributed by atoms with Crippen LogP contribution < -0.4 is 5.32 Å². The molecule has 1 N–H and O–H groups in total. The molecule has 0 aromatic heterocycles. The summed E-state index contributed by atoms with van der Waals surface area (Å²) in [5.41, 5.74) is 0. The van der Waals surface area contributed by atoms with Crippen LogP contribution in [0.2, 0.25) is 0 Å². The van der Waals surface area contributed by atoms with E-state index in [-0.39, 0.29) is 24.0 Å². The third-order valence-electron chi connectivity index (χ3n) is 4.96. The minimum absolute atomic E-state index is 0. The van der Waals surface area contributed by atoms with E-state index in [1.807, 2.05) is 7.05 Å². The van der Waals surface area contributed by atoms with E-state index in [4.69, 9.17) is 4.74 Å². The Hall–Kier alpha value is -0.0800. The largest absolute Gasteiger partial charge is 0.383 e. The van der Waals surface area contributed by atoms with Crippen LogP contribution in [-0.4, -0.2) is 75.3 Å². The summed E-state index contributed by atoms with van der Waals surface area (Å²) in [7, 11) is 3.69. The van der Waals surface area contributed by atoms with Crippen molar-refractivity contribution < 1.29 is 4.74 Å². The Bertz CT molecular complexity index is 357. The molecular weight excluding hydrogens is 403 g/mol. The Morgan fingerprint density at radius 1 is 1.26 bits per heavy atom. The summed E-state index contributed by atoms with van der Waals surface area (Å²) in [5, 5.41) is 3.62. The number of halogens is 1. The lowest BCUT2D eigenvalue weighted by Gasteiger charge is -2.37. The fourth-order valence-corrected chi connectivity index (χ4v) is 4.01. The number of methoxy groups -OCH3 is 1. The van der Waals surface area contributed by atoms with E-state index in [1.54, 1.807) is 7.11 Å². The van der Waals surface area contributed by atoms with Gasteiger partial charge in [-0.2, -0.15) is 0 Å². The molecule has 0 bridgehead atoms. The lowest BCUT2D eigenvalue weighted by molar-refractivity contribution is 0.141. The van der Waals surface area contributed by atoms with Gasteiger partial charge in [-0.15, -0.1) is 24.0 Å². The summed E-state index contributed by atoms with van der Waals surface area (Å²) in [4.78, 5) is 9.50. The molecule has 0 aromatic rings. The van der Waals surface area contributed by atoms with Gasteiger partial charge in [0.1, 0.15) is 0 Å². The fraction of sp³-hybridized carbons (Fsp3) is 0.941. The molecule has 3 atom stereocenters. The van der Waals surface area contributed by atoms with E-state index in [0.717, 1.165) is 50.6 Å². The minimum Gasteiger partial charge on any atom is -0.383 e. The van der Waals surface area contributed by atoms with E-state index >= 15 is 0 Å². The number of hydrogen-bond acceptors (Lipinski definition) is 3. The van der Waals surface area contributed by atoms with Crippen molar-refractivity contribution in [1.29, 1.82) is 0 Å². The number of nitrogens with zero attached hydrogens (tertiary/aromatic N) is 3. The molecule has 2 aliphatic heterocycles. The maximum atomic E-state index is 5.22. The van der Waals surface area contributed by atoms with Gasteiger partial charge in [-0.25, -0.2) is 0 Å². The molecule has 23 heavy (non-hydrogen) atoms. The van der Waals surface area contributed by atoms with Crippen LogP contribution in [-0.2, 0) is 4.74 Å². The standard InChI is InChI=1S/C17H34N4O.HI/c1-14-10-15(2)13-21(12-14)17(18-3)19-11-16-6-5-7-20(16)8-9-22-4;/h14-16H,5-13H2,1-4H3,(H,18,19);1H. The van der Waals surface area contributed by atoms with E-state index in [1.165, 1.54) is 25.8 Å². The zero-order chi connectivity index (χ0) is 15.9. The van der Waals surface area contributed by atoms with E-state index in [0.29, 0.717) is 6.04 Å². The van der Waals surface area contributed by atoms with Crippen LogP contribution in [0.3, 0.4) is 0 Å². The van der Waals surface area contributed by atoms with Crippen molar-refractivity contribution >= 4 is 29.9 Å². The second-order valence-corrected chi connectivity index (χ2v) is 7.10. The number of ether oxygens (including phenoxy) is 1. The average molecular weight is 438 g/mol. The molecule has 3 unspecified atom stereocenters. The molecule has 2 fully saturated rings. The van der Waals surface area contributed by atoms with Crippen LogP contribution in [0.25, 0.3) is 0 Å². The van der Waals surface area contributed by atoms with Crippen LogP contribution >= 0.6 is 24.0 Å². The molecule has 2 heterocycles. The third-order valence-corrected chi connectivity index (χ3v) is 4.96. The van der Waals surface area contributed by atoms with Crippen molar-refractivity contribution in [3.05, 3.63) is 0 Å². The predicted molar refractivity (Wildman–Crippen MR) is 108 cm³/mol. The summed E-state index contributed by atoms with van der Waals surface area (Å²) in [5.74, 6) is 2.59. The van der Waals surface area contributed by atoms with Gasteiger partial charge in [0.15, 0.2) is 5.96 Å². The van der Waals surface area contributed by atoms with Crippen LogP contribution in [0.15, 0.2) is 4.99 Å². The van der Waals surface area contributed by atoms with E-state index in [2.05, 4.69) is 34.0 Å². The topological polar surface area (TPSA) is 40.1 Å². The van der Waals surface area contributed by atoms with Crippen molar-refractivity contribution in [2.45, 2.75) is 39.2 Å². The number of nitrogens with one attached hydrogen (secondary N) is 1. The highest BCUT2D eigenvalue weighted by atomic mass is 127. The van der Waals surface area contributed by atoms with E-state index < -0.39 is 0 Å². The summed E-state index contributed by atoms with van der Waals surface area (Å²) in [6.45, 7) is 11.0. The Kier molecular flexibility index (Phi) is 9.77. The summed E-state index contributed by atoms with van der Waals surface area (Å²) in [6, 6.07) is 0.617. The molecular formula is C17H35IN4O. The van der Waals surface area contributed by atoms with Gasteiger partial charge in [-0.05, 0) is 37.6 Å². The van der Waals surface area contributed by atoms with Gasteiger partial charge in [0.2, 0.25) is 0 Å². The van der Waals surface area contributed by atoms with Crippen molar-refractivity contribution in [2.75, 3.05) is 53.5 Å². The molecule has 2 aliphatic rings. The Labute approximate surface area is 159 Å². The number of aliphatic imine (C=N–C) groups is 1. The number of hydrogen-bond donors (Lipinski definition) is 1. The Balaban J connectivity index is 0.00000264. The van der Waals surface area contributed by atoms with Crippen molar-refractivity contribution in [2.24, 2.45) is 16.8 Å². The molecule has 6 heteroatoms. The average Bonchev–Trinajstić information content (AvgIpc) is 2.92. The number of guanidine groups is 1.